The maximum absolute atomic E-state index is 9.19. The number of phenols is 1. The van der Waals surface area contributed by atoms with Crippen molar-refractivity contribution in [3.63, 3.8) is 0 Å². The summed E-state index contributed by atoms with van der Waals surface area (Å²) in [4.78, 5) is 0. The van der Waals surface area contributed by atoms with E-state index in [9.17, 15) is 5.11 Å². The van der Waals surface area contributed by atoms with Crippen LogP contribution in [-0.4, -0.2) is 11.7 Å². The van der Waals surface area contributed by atoms with Gasteiger partial charge in [-0.1, -0.05) is 12.7 Å². The quantitative estimate of drug-likeness (QED) is 0.694. The Kier molecular flexibility index (Phi) is 2.75. The average Bonchev–Trinajstić information content (AvgIpc) is 1.99. The molecule has 0 radical (unpaired) electrons. The first-order valence-electron chi connectivity index (χ1n) is 3.76. The molecular weight excluding hydrogens is 152 g/mol. The van der Waals surface area contributed by atoms with Gasteiger partial charge in [0.2, 0.25) is 0 Å². The van der Waals surface area contributed by atoms with Crippen LogP contribution in [-0.2, 0) is 0 Å². The van der Waals surface area contributed by atoms with Crippen LogP contribution in [0.15, 0.2) is 30.9 Å². The van der Waals surface area contributed by atoms with Gasteiger partial charge >= 0.3 is 0 Å². The third kappa shape index (κ3) is 2.31. The number of aromatic hydroxyl groups is 1. The molecule has 1 N–H and O–H groups in total. The molecule has 0 aliphatic rings. The van der Waals surface area contributed by atoms with Crippen molar-refractivity contribution < 1.29 is 9.84 Å². The van der Waals surface area contributed by atoms with Gasteiger partial charge in [0.05, 0.1) is 0 Å². The van der Waals surface area contributed by atoms with Crippen LogP contribution in [0.5, 0.6) is 11.5 Å². The van der Waals surface area contributed by atoms with Crippen LogP contribution in [0.3, 0.4) is 0 Å². The first-order valence-corrected chi connectivity index (χ1v) is 3.76. The van der Waals surface area contributed by atoms with E-state index in [1.54, 1.807) is 18.2 Å². The van der Waals surface area contributed by atoms with Crippen molar-refractivity contribution in [1.29, 1.82) is 0 Å². The normalized spacial score (nSPS) is 9.42. The number of benzene rings is 1. The number of aryl methyl sites for hydroxylation is 1. The Bertz CT molecular complexity index is 259. The Morgan fingerprint density at radius 3 is 2.83 bits per heavy atom. The molecule has 0 spiro atoms. The number of hydrogen-bond acceptors (Lipinski definition) is 2. The average molecular weight is 164 g/mol. The zero-order valence-corrected chi connectivity index (χ0v) is 7.08. The van der Waals surface area contributed by atoms with Crippen LogP contribution in [0.4, 0.5) is 0 Å². The van der Waals surface area contributed by atoms with Gasteiger partial charge < -0.3 is 9.84 Å². The third-order valence-corrected chi connectivity index (χ3v) is 1.40. The molecular formula is C10H12O2. The van der Waals surface area contributed by atoms with Gasteiger partial charge in [-0.3, -0.25) is 0 Å². The van der Waals surface area contributed by atoms with Crippen molar-refractivity contribution in [3.05, 3.63) is 36.4 Å². The van der Waals surface area contributed by atoms with Crippen molar-refractivity contribution in [1.82, 2.24) is 0 Å². The molecule has 0 atom stereocenters. The predicted octanol–water partition coefficient (Wildman–Crippen LogP) is 2.27. The van der Waals surface area contributed by atoms with E-state index < -0.39 is 0 Å². The van der Waals surface area contributed by atoms with Crippen LogP contribution >= 0.6 is 0 Å². The maximum Gasteiger partial charge on any atom is 0.123 e. The molecule has 0 saturated heterocycles. The molecule has 0 saturated carbocycles. The molecule has 64 valence electrons. The summed E-state index contributed by atoms with van der Waals surface area (Å²) in [6.07, 6.45) is 1.67. The van der Waals surface area contributed by atoms with Crippen molar-refractivity contribution in [2.24, 2.45) is 0 Å². The lowest BCUT2D eigenvalue weighted by Crippen LogP contribution is -1.92. The minimum atomic E-state index is 0.231. The van der Waals surface area contributed by atoms with Crippen LogP contribution < -0.4 is 4.74 Å². The summed E-state index contributed by atoms with van der Waals surface area (Å²) < 4.78 is 5.24. The molecule has 2 heteroatoms. The summed E-state index contributed by atoms with van der Waals surface area (Å²) in [7, 11) is 0. The summed E-state index contributed by atoms with van der Waals surface area (Å²) in [6, 6.07) is 5.13. The van der Waals surface area contributed by atoms with E-state index in [1.807, 2.05) is 13.0 Å². The lowest BCUT2D eigenvalue weighted by Gasteiger charge is -2.04. The molecule has 1 aromatic carbocycles. The van der Waals surface area contributed by atoms with Crippen molar-refractivity contribution in [2.45, 2.75) is 6.92 Å². The summed E-state index contributed by atoms with van der Waals surface area (Å²) in [5, 5.41) is 9.19. The molecule has 0 amide bonds. The molecule has 0 aromatic heterocycles. The minimum Gasteiger partial charge on any atom is -0.508 e. The number of rotatable bonds is 3. The summed E-state index contributed by atoms with van der Waals surface area (Å²) in [5.74, 6) is 0.904. The van der Waals surface area contributed by atoms with Gasteiger partial charge in [0, 0.05) is 6.07 Å². The van der Waals surface area contributed by atoms with Crippen LogP contribution in [0, 0.1) is 6.92 Å². The second-order valence-electron chi connectivity index (χ2n) is 2.60. The Balaban J connectivity index is 2.78. The van der Waals surface area contributed by atoms with Crippen LogP contribution in [0.25, 0.3) is 0 Å². The molecule has 0 fully saturated rings. The minimum absolute atomic E-state index is 0.231. The van der Waals surface area contributed by atoms with E-state index in [2.05, 4.69) is 6.58 Å². The van der Waals surface area contributed by atoms with Gasteiger partial charge in [-0.2, -0.15) is 0 Å². The largest absolute Gasteiger partial charge is 0.508 e. The zero-order valence-electron chi connectivity index (χ0n) is 7.08. The lowest BCUT2D eigenvalue weighted by atomic mass is 10.2. The van der Waals surface area contributed by atoms with E-state index >= 15 is 0 Å². The fourth-order valence-electron chi connectivity index (χ4n) is 0.967. The standard InChI is InChI=1S/C10H12O2/c1-3-4-12-10-6-8(2)5-9(11)7-10/h3,5-7,11H,1,4H2,2H3. The van der Waals surface area contributed by atoms with Crippen LogP contribution in [0.1, 0.15) is 5.56 Å². The van der Waals surface area contributed by atoms with E-state index in [-0.39, 0.29) is 5.75 Å². The first-order chi connectivity index (χ1) is 5.72. The molecule has 1 aromatic rings. The van der Waals surface area contributed by atoms with Gasteiger partial charge in [0.1, 0.15) is 18.1 Å². The highest BCUT2D eigenvalue weighted by atomic mass is 16.5. The molecule has 12 heavy (non-hydrogen) atoms. The SMILES string of the molecule is C=CCOc1cc(C)cc(O)c1. The highest BCUT2D eigenvalue weighted by Gasteiger charge is 1.96. The molecule has 0 aliphatic heterocycles. The molecule has 0 bridgehead atoms. The fourth-order valence-corrected chi connectivity index (χ4v) is 0.967. The zero-order chi connectivity index (χ0) is 8.97. The van der Waals surface area contributed by atoms with E-state index in [4.69, 9.17) is 4.74 Å². The third-order valence-electron chi connectivity index (χ3n) is 1.40. The number of ether oxygens (including phenoxy) is 1. The Hall–Kier alpha value is -1.44. The van der Waals surface area contributed by atoms with Crippen molar-refractivity contribution >= 4 is 0 Å². The van der Waals surface area contributed by atoms with Crippen molar-refractivity contribution in [3.8, 4) is 11.5 Å². The molecule has 0 unspecified atom stereocenters. The van der Waals surface area contributed by atoms with Gasteiger partial charge in [-0.15, -0.1) is 0 Å². The summed E-state index contributed by atoms with van der Waals surface area (Å²) in [6.45, 7) is 5.90. The monoisotopic (exact) mass is 164 g/mol. The van der Waals surface area contributed by atoms with Gasteiger partial charge in [0.25, 0.3) is 0 Å². The number of phenolic OH excluding ortho intramolecular Hbond substituents is 1. The molecule has 0 heterocycles. The van der Waals surface area contributed by atoms with E-state index in [0.717, 1.165) is 5.56 Å². The van der Waals surface area contributed by atoms with E-state index in [1.165, 1.54) is 0 Å². The summed E-state index contributed by atoms with van der Waals surface area (Å²) >= 11 is 0. The smallest absolute Gasteiger partial charge is 0.123 e. The fraction of sp³-hybridized carbons (Fsp3) is 0.200. The van der Waals surface area contributed by atoms with Gasteiger partial charge in [-0.25, -0.2) is 0 Å². The van der Waals surface area contributed by atoms with Crippen molar-refractivity contribution in [2.75, 3.05) is 6.61 Å². The Morgan fingerprint density at radius 2 is 2.25 bits per heavy atom. The number of hydrogen-bond donors (Lipinski definition) is 1. The molecule has 1 rings (SSSR count). The maximum atomic E-state index is 9.19. The topological polar surface area (TPSA) is 29.5 Å². The van der Waals surface area contributed by atoms with E-state index in [0.29, 0.717) is 12.4 Å². The van der Waals surface area contributed by atoms with Crippen LogP contribution in [0.2, 0.25) is 0 Å². The highest BCUT2D eigenvalue weighted by Crippen LogP contribution is 2.20. The molecule has 0 aliphatic carbocycles. The second kappa shape index (κ2) is 3.81. The lowest BCUT2D eigenvalue weighted by molar-refractivity contribution is 0.359. The Labute approximate surface area is 72.1 Å². The summed E-state index contributed by atoms with van der Waals surface area (Å²) in [5.41, 5.74) is 0.981. The van der Waals surface area contributed by atoms with Gasteiger partial charge in [0.15, 0.2) is 0 Å². The highest BCUT2D eigenvalue weighted by molar-refractivity contribution is 5.36. The Morgan fingerprint density at radius 1 is 1.50 bits per heavy atom. The predicted molar refractivity (Wildman–Crippen MR) is 48.5 cm³/mol. The second-order valence-corrected chi connectivity index (χ2v) is 2.60. The van der Waals surface area contributed by atoms with Gasteiger partial charge in [-0.05, 0) is 24.6 Å². The molecule has 2 nitrogen and oxygen atoms in total. The first kappa shape index (κ1) is 8.65.